The van der Waals surface area contributed by atoms with E-state index in [1.54, 1.807) is 6.92 Å². The summed E-state index contributed by atoms with van der Waals surface area (Å²) in [4.78, 5) is 21.9. The number of aliphatic carboxylic acids is 1. The van der Waals surface area contributed by atoms with Gasteiger partial charge in [-0.15, -0.1) is 0 Å². The second kappa shape index (κ2) is 7.92. The van der Waals surface area contributed by atoms with Gasteiger partial charge in [0.1, 0.15) is 0 Å². The first-order chi connectivity index (χ1) is 8.58. The number of ether oxygens (including phenoxy) is 1. The number of nitrogens with one attached hydrogen (secondary N) is 2. The van der Waals surface area contributed by atoms with Crippen molar-refractivity contribution in [2.45, 2.75) is 51.2 Å². The zero-order valence-electron chi connectivity index (χ0n) is 10.8. The van der Waals surface area contributed by atoms with Crippen LogP contribution in [0.1, 0.15) is 39.0 Å². The second-order valence-electron chi connectivity index (χ2n) is 4.68. The Hall–Kier alpha value is -1.30. The molecule has 2 amide bonds. The van der Waals surface area contributed by atoms with Gasteiger partial charge in [-0.05, 0) is 32.6 Å². The van der Waals surface area contributed by atoms with E-state index in [2.05, 4.69) is 10.6 Å². The zero-order valence-corrected chi connectivity index (χ0v) is 10.8. The molecule has 18 heavy (non-hydrogen) atoms. The highest BCUT2D eigenvalue weighted by Crippen LogP contribution is 2.11. The van der Waals surface area contributed by atoms with Gasteiger partial charge in [0.05, 0.1) is 6.10 Å². The van der Waals surface area contributed by atoms with Crippen LogP contribution in [0.4, 0.5) is 4.79 Å². The summed E-state index contributed by atoms with van der Waals surface area (Å²) in [7, 11) is 0. The average molecular weight is 258 g/mol. The van der Waals surface area contributed by atoms with Crippen LogP contribution in [0.2, 0.25) is 0 Å². The van der Waals surface area contributed by atoms with Crippen molar-refractivity contribution < 1.29 is 19.4 Å². The topological polar surface area (TPSA) is 87.7 Å². The van der Waals surface area contributed by atoms with Gasteiger partial charge >= 0.3 is 12.0 Å². The Morgan fingerprint density at radius 1 is 1.44 bits per heavy atom. The molecule has 2 unspecified atom stereocenters. The van der Waals surface area contributed by atoms with Crippen LogP contribution in [0.3, 0.4) is 0 Å². The maximum atomic E-state index is 11.5. The maximum absolute atomic E-state index is 11.5. The fraction of sp³-hybridized carbons (Fsp3) is 0.833. The lowest BCUT2D eigenvalue weighted by atomic mass is 10.1. The molecule has 1 fully saturated rings. The van der Waals surface area contributed by atoms with Gasteiger partial charge < -0.3 is 20.5 Å². The van der Waals surface area contributed by atoms with Crippen molar-refractivity contribution in [3.8, 4) is 0 Å². The van der Waals surface area contributed by atoms with Crippen LogP contribution >= 0.6 is 0 Å². The van der Waals surface area contributed by atoms with E-state index in [-0.39, 0.29) is 24.6 Å². The van der Waals surface area contributed by atoms with Crippen LogP contribution in [0.5, 0.6) is 0 Å². The van der Waals surface area contributed by atoms with E-state index in [1.165, 1.54) is 0 Å². The number of urea groups is 1. The van der Waals surface area contributed by atoms with Gasteiger partial charge in [0, 0.05) is 25.6 Å². The van der Waals surface area contributed by atoms with Gasteiger partial charge in [-0.2, -0.15) is 0 Å². The minimum absolute atomic E-state index is 0.0627. The van der Waals surface area contributed by atoms with Crippen molar-refractivity contribution in [2.75, 3.05) is 13.2 Å². The van der Waals surface area contributed by atoms with Crippen LogP contribution in [0.25, 0.3) is 0 Å². The fourth-order valence-corrected chi connectivity index (χ4v) is 1.86. The number of carbonyl (C=O) groups excluding carboxylic acids is 1. The highest BCUT2D eigenvalue weighted by molar-refractivity contribution is 5.74. The molecule has 6 heteroatoms. The minimum atomic E-state index is -0.848. The highest BCUT2D eigenvalue weighted by atomic mass is 16.5. The van der Waals surface area contributed by atoms with Gasteiger partial charge in [-0.3, -0.25) is 4.79 Å². The summed E-state index contributed by atoms with van der Waals surface area (Å²) in [5.74, 6) is -0.848. The molecule has 0 aromatic carbocycles. The molecule has 0 saturated carbocycles. The molecule has 0 aromatic heterocycles. The summed E-state index contributed by atoms with van der Waals surface area (Å²) in [6.45, 7) is 3.07. The number of rotatable bonds is 6. The zero-order chi connectivity index (χ0) is 13.4. The van der Waals surface area contributed by atoms with E-state index in [0.717, 1.165) is 25.9 Å². The first-order valence-electron chi connectivity index (χ1n) is 6.45. The fourth-order valence-electron chi connectivity index (χ4n) is 1.86. The van der Waals surface area contributed by atoms with Crippen molar-refractivity contribution in [3.05, 3.63) is 0 Å². The molecule has 3 N–H and O–H groups in total. The summed E-state index contributed by atoms with van der Waals surface area (Å²) in [6, 6.07) is -0.407. The lowest BCUT2D eigenvalue weighted by molar-refractivity contribution is -0.137. The second-order valence-corrected chi connectivity index (χ2v) is 4.68. The third kappa shape index (κ3) is 6.44. The predicted octanol–water partition coefficient (Wildman–Crippen LogP) is 1.11. The van der Waals surface area contributed by atoms with Crippen LogP contribution in [-0.2, 0) is 9.53 Å². The number of carboxylic acids is 1. The molecule has 0 aliphatic carbocycles. The van der Waals surface area contributed by atoms with Crippen LogP contribution in [0.15, 0.2) is 0 Å². The van der Waals surface area contributed by atoms with E-state index >= 15 is 0 Å². The van der Waals surface area contributed by atoms with E-state index < -0.39 is 5.97 Å². The largest absolute Gasteiger partial charge is 0.481 e. The Kier molecular flexibility index (Phi) is 6.49. The normalized spacial score (nSPS) is 21.1. The molecule has 0 radical (unpaired) electrons. The highest BCUT2D eigenvalue weighted by Gasteiger charge is 2.15. The summed E-state index contributed by atoms with van der Waals surface area (Å²) in [5.41, 5.74) is 0. The number of amides is 2. The third-order valence-corrected chi connectivity index (χ3v) is 2.93. The molecule has 0 spiro atoms. The molecule has 2 atom stereocenters. The molecule has 0 bridgehead atoms. The number of hydrogen-bond acceptors (Lipinski definition) is 3. The molecule has 6 nitrogen and oxygen atoms in total. The van der Waals surface area contributed by atoms with E-state index in [4.69, 9.17) is 9.84 Å². The summed E-state index contributed by atoms with van der Waals surface area (Å²) in [6.07, 6.45) is 3.82. The van der Waals surface area contributed by atoms with Crippen LogP contribution in [-0.4, -0.2) is 42.4 Å². The molecule has 1 aliphatic rings. The summed E-state index contributed by atoms with van der Waals surface area (Å²) in [5, 5.41) is 14.0. The first-order valence-corrected chi connectivity index (χ1v) is 6.45. The van der Waals surface area contributed by atoms with Gasteiger partial charge in [-0.25, -0.2) is 4.79 Å². The van der Waals surface area contributed by atoms with Crippen molar-refractivity contribution in [2.24, 2.45) is 0 Å². The van der Waals surface area contributed by atoms with Gasteiger partial charge in [0.25, 0.3) is 0 Å². The number of carbonyl (C=O) groups is 2. The summed E-state index contributed by atoms with van der Waals surface area (Å²) >= 11 is 0. The Balaban J connectivity index is 2.10. The minimum Gasteiger partial charge on any atom is -0.481 e. The third-order valence-electron chi connectivity index (χ3n) is 2.93. The lowest BCUT2D eigenvalue weighted by Gasteiger charge is -2.23. The van der Waals surface area contributed by atoms with Crippen molar-refractivity contribution >= 4 is 12.0 Å². The molecule has 1 heterocycles. The molecule has 1 saturated heterocycles. The average Bonchev–Trinajstić information content (AvgIpc) is 2.35. The van der Waals surface area contributed by atoms with Crippen molar-refractivity contribution in [1.29, 1.82) is 0 Å². The number of hydrogen-bond donors (Lipinski definition) is 3. The molecule has 104 valence electrons. The molecular formula is C12H22N2O4. The molecule has 1 aliphatic heterocycles. The smallest absolute Gasteiger partial charge is 0.315 e. The Morgan fingerprint density at radius 3 is 2.83 bits per heavy atom. The molecular weight excluding hydrogens is 236 g/mol. The molecule has 0 aromatic rings. The van der Waals surface area contributed by atoms with E-state index in [9.17, 15) is 9.59 Å². The van der Waals surface area contributed by atoms with Crippen LogP contribution in [0, 0.1) is 0 Å². The Bertz CT molecular complexity index is 277. The predicted molar refractivity (Wildman–Crippen MR) is 66.5 cm³/mol. The van der Waals surface area contributed by atoms with Crippen molar-refractivity contribution in [3.63, 3.8) is 0 Å². The lowest BCUT2D eigenvalue weighted by Crippen LogP contribution is -2.44. The maximum Gasteiger partial charge on any atom is 0.315 e. The monoisotopic (exact) mass is 258 g/mol. The Labute approximate surface area is 107 Å². The SMILES string of the molecule is CC(CCC(=O)O)NC(=O)NCC1CCCCO1. The van der Waals surface area contributed by atoms with Gasteiger partial charge in [0.2, 0.25) is 0 Å². The molecule has 1 rings (SSSR count). The van der Waals surface area contributed by atoms with E-state index in [0.29, 0.717) is 13.0 Å². The Morgan fingerprint density at radius 2 is 2.22 bits per heavy atom. The quantitative estimate of drug-likeness (QED) is 0.666. The van der Waals surface area contributed by atoms with Crippen molar-refractivity contribution in [1.82, 2.24) is 10.6 Å². The standard InChI is InChI=1S/C12H22N2O4/c1-9(5-6-11(15)16)14-12(17)13-8-10-4-2-3-7-18-10/h9-10H,2-8H2,1H3,(H,15,16)(H2,13,14,17). The first kappa shape index (κ1) is 14.8. The van der Waals surface area contributed by atoms with Gasteiger partial charge in [0.15, 0.2) is 0 Å². The van der Waals surface area contributed by atoms with Crippen LogP contribution < -0.4 is 10.6 Å². The van der Waals surface area contributed by atoms with Gasteiger partial charge in [-0.1, -0.05) is 0 Å². The number of carboxylic acid groups (broad SMARTS) is 1. The summed E-state index contributed by atoms with van der Waals surface area (Å²) < 4.78 is 5.49. The van der Waals surface area contributed by atoms with E-state index in [1.807, 2.05) is 0 Å².